The van der Waals surface area contributed by atoms with Crippen molar-refractivity contribution in [1.29, 1.82) is 0 Å². The summed E-state index contributed by atoms with van der Waals surface area (Å²) in [6.07, 6.45) is 5.71. The van der Waals surface area contributed by atoms with Gasteiger partial charge in [-0.3, -0.25) is 14.6 Å². The summed E-state index contributed by atoms with van der Waals surface area (Å²) in [5.74, 6) is 2.14. The maximum Gasteiger partial charge on any atom is 0.225 e. The molecule has 164 valence electrons. The minimum absolute atomic E-state index is 0.407. The zero-order chi connectivity index (χ0) is 21.5. The standard InChI is InChI=1S/C21H35N9/c1-17(2)19-18(16-28(5)26-19)15-27(4)20(22-3)25-9-10-29-11-13-30(14-12-29)21-23-7-6-8-24-21/h6-8,16-17H,9-15H2,1-5H3,(H,22,25). The summed E-state index contributed by atoms with van der Waals surface area (Å²) in [6.45, 7) is 10.9. The number of guanidine groups is 1. The third-order valence-corrected chi connectivity index (χ3v) is 5.38. The average molecular weight is 414 g/mol. The largest absolute Gasteiger partial charge is 0.355 e. The molecule has 0 aliphatic carbocycles. The van der Waals surface area contributed by atoms with Gasteiger partial charge in [0.15, 0.2) is 5.96 Å². The maximum atomic E-state index is 4.61. The van der Waals surface area contributed by atoms with E-state index in [9.17, 15) is 0 Å². The summed E-state index contributed by atoms with van der Waals surface area (Å²) < 4.78 is 1.90. The molecule has 0 amide bonds. The first-order valence-electron chi connectivity index (χ1n) is 10.7. The molecule has 1 saturated heterocycles. The molecule has 0 saturated carbocycles. The lowest BCUT2D eigenvalue weighted by Gasteiger charge is -2.34. The fraction of sp³-hybridized carbons (Fsp3) is 0.619. The number of hydrogen-bond donors (Lipinski definition) is 1. The molecular weight excluding hydrogens is 378 g/mol. The van der Waals surface area contributed by atoms with Crippen molar-refractivity contribution in [3.05, 3.63) is 35.9 Å². The molecule has 1 fully saturated rings. The van der Waals surface area contributed by atoms with E-state index >= 15 is 0 Å². The molecule has 9 nitrogen and oxygen atoms in total. The highest BCUT2D eigenvalue weighted by atomic mass is 15.3. The van der Waals surface area contributed by atoms with Crippen molar-refractivity contribution in [1.82, 2.24) is 34.9 Å². The SMILES string of the molecule is CN=C(NCCN1CCN(c2ncccn2)CC1)N(C)Cc1cn(C)nc1C(C)C. The van der Waals surface area contributed by atoms with Crippen LogP contribution in [0.3, 0.4) is 0 Å². The molecule has 0 spiro atoms. The second-order valence-electron chi connectivity index (χ2n) is 8.08. The van der Waals surface area contributed by atoms with Crippen molar-refractivity contribution in [3.63, 3.8) is 0 Å². The van der Waals surface area contributed by atoms with Crippen LogP contribution < -0.4 is 10.2 Å². The highest BCUT2D eigenvalue weighted by Gasteiger charge is 2.19. The minimum Gasteiger partial charge on any atom is -0.355 e. The third-order valence-electron chi connectivity index (χ3n) is 5.38. The smallest absolute Gasteiger partial charge is 0.225 e. The van der Waals surface area contributed by atoms with Crippen molar-refractivity contribution in [3.8, 4) is 0 Å². The number of nitrogens with zero attached hydrogens (tertiary/aromatic N) is 8. The van der Waals surface area contributed by atoms with E-state index in [0.29, 0.717) is 5.92 Å². The normalized spacial score (nSPS) is 15.7. The highest BCUT2D eigenvalue weighted by Crippen LogP contribution is 2.18. The first-order valence-corrected chi connectivity index (χ1v) is 10.7. The molecule has 0 aromatic carbocycles. The van der Waals surface area contributed by atoms with Gasteiger partial charge in [0, 0.05) is 91.1 Å². The van der Waals surface area contributed by atoms with Gasteiger partial charge in [0.2, 0.25) is 5.95 Å². The molecule has 3 rings (SSSR count). The van der Waals surface area contributed by atoms with Crippen LogP contribution in [-0.2, 0) is 13.6 Å². The Balaban J connectivity index is 1.44. The number of piperazine rings is 1. The van der Waals surface area contributed by atoms with Crippen molar-refractivity contribution < 1.29 is 0 Å². The summed E-state index contributed by atoms with van der Waals surface area (Å²) in [6, 6.07) is 1.85. The van der Waals surface area contributed by atoms with Gasteiger partial charge in [0.05, 0.1) is 5.69 Å². The van der Waals surface area contributed by atoms with E-state index in [1.165, 1.54) is 5.56 Å². The van der Waals surface area contributed by atoms with Crippen molar-refractivity contribution >= 4 is 11.9 Å². The summed E-state index contributed by atoms with van der Waals surface area (Å²) in [7, 11) is 5.89. The van der Waals surface area contributed by atoms with Gasteiger partial charge in [-0.2, -0.15) is 5.10 Å². The van der Waals surface area contributed by atoms with Crippen LogP contribution in [0.2, 0.25) is 0 Å². The zero-order valence-electron chi connectivity index (χ0n) is 18.9. The molecular formula is C21H35N9. The van der Waals surface area contributed by atoms with E-state index in [2.05, 4.69) is 67.2 Å². The van der Waals surface area contributed by atoms with Crippen LogP contribution in [0.15, 0.2) is 29.6 Å². The van der Waals surface area contributed by atoms with Gasteiger partial charge in [0.25, 0.3) is 0 Å². The number of aromatic nitrogens is 4. The summed E-state index contributed by atoms with van der Waals surface area (Å²) in [5, 5.41) is 8.11. The van der Waals surface area contributed by atoms with E-state index in [-0.39, 0.29) is 0 Å². The lowest BCUT2D eigenvalue weighted by atomic mass is 10.1. The molecule has 0 bridgehead atoms. The molecule has 2 aromatic rings. The lowest BCUT2D eigenvalue weighted by molar-refractivity contribution is 0.259. The summed E-state index contributed by atoms with van der Waals surface area (Å²) in [5.41, 5.74) is 2.40. The van der Waals surface area contributed by atoms with Gasteiger partial charge >= 0.3 is 0 Å². The number of anilines is 1. The van der Waals surface area contributed by atoms with Gasteiger partial charge in [-0.1, -0.05) is 13.8 Å². The Hall–Kier alpha value is -2.68. The first-order chi connectivity index (χ1) is 14.5. The minimum atomic E-state index is 0.407. The fourth-order valence-corrected chi connectivity index (χ4v) is 3.83. The average Bonchev–Trinajstić information content (AvgIpc) is 3.12. The maximum absolute atomic E-state index is 4.61. The lowest BCUT2D eigenvalue weighted by Crippen LogP contribution is -2.49. The van der Waals surface area contributed by atoms with Gasteiger partial charge < -0.3 is 15.1 Å². The zero-order valence-corrected chi connectivity index (χ0v) is 18.9. The molecule has 30 heavy (non-hydrogen) atoms. The van der Waals surface area contributed by atoms with E-state index in [0.717, 1.165) is 63.4 Å². The molecule has 1 N–H and O–H groups in total. The van der Waals surface area contributed by atoms with Crippen LogP contribution in [0.5, 0.6) is 0 Å². The molecule has 0 atom stereocenters. The van der Waals surface area contributed by atoms with Crippen molar-refractivity contribution in [2.45, 2.75) is 26.3 Å². The molecule has 3 heterocycles. The molecule has 1 aliphatic heterocycles. The second-order valence-corrected chi connectivity index (χ2v) is 8.08. The Morgan fingerprint density at radius 2 is 1.90 bits per heavy atom. The monoisotopic (exact) mass is 413 g/mol. The third kappa shape index (κ3) is 5.69. The van der Waals surface area contributed by atoms with E-state index in [4.69, 9.17) is 0 Å². The molecule has 0 radical (unpaired) electrons. The number of aryl methyl sites for hydroxylation is 1. The summed E-state index contributed by atoms with van der Waals surface area (Å²) >= 11 is 0. The van der Waals surface area contributed by atoms with Gasteiger partial charge in [0.1, 0.15) is 0 Å². The predicted molar refractivity (Wildman–Crippen MR) is 121 cm³/mol. The molecule has 2 aromatic heterocycles. The first kappa shape index (κ1) is 22.0. The van der Waals surface area contributed by atoms with Gasteiger partial charge in [-0.25, -0.2) is 9.97 Å². The van der Waals surface area contributed by atoms with Crippen LogP contribution in [-0.4, -0.2) is 88.9 Å². The quantitative estimate of drug-likeness (QED) is 0.539. The Morgan fingerprint density at radius 1 is 1.20 bits per heavy atom. The van der Waals surface area contributed by atoms with E-state index in [1.807, 2.05) is 24.8 Å². The fourth-order valence-electron chi connectivity index (χ4n) is 3.83. The van der Waals surface area contributed by atoms with Gasteiger partial charge in [-0.05, 0) is 12.0 Å². The molecule has 1 aliphatic rings. The number of hydrogen-bond acceptors (Lipinski definition) is 6. The second kappa shape index (κ2) is 10.4. The Labute approximate surface area is 179 Å². The number of nitrogens with one attached hydrogen (secondary N) is 1. The number of aliphatic imine (C=N–C) groups is 1. The topological polar surface area (TPSA) is 77.7 Å². The number of rotatable bonds is 7. The van der Waals surface area contributed by atoms with Crippen LogP contribution in [0.4, 0.5) is 5.95 Å². The summed E-state index contributed by atoms with van der Waals surface area (Å²) in [4.78, 5) is 20.0. The predicted octanol–water partition coefficient (Wildman–Crippen LogP) is 1.16. The van der Waals surface area contributed by atoms with Crippen LogP contribution in [0, 0.1) is 0 Å². The van der Waals surface area contributed by atoms with E-state index in [1.54, 1.807) is 12.4 Å². The van der Waals surface area contributed by atoms with Crippen LogP contribution in [0.1, 0.15) is 31.0 Å². The Bertz CT molecular complexity index is 807. The van der Waals surface area contributed by atoms with Crippen molar-refractivity contribution in [2.24, 2.45) is 12.0 Å². The van der Waals surface area contributed by atoms with E-state index < -0.39 is 0 Å². The van der Waals surface area contributed by atoms with Crippen molar-refractivity contribution in [2.75, 3.05) is 58.3 Å². The highest BCUT2D eigenvalue weighted by molar-refractivity contribution is 5.79. The Kier molecular flexibility index (Phi) is 7.62. The molecule has 0 unspecified atom stereocenters. The van der Waals surface area contributed by atoms with Gasteiger partial charge in [-0.15, -0.1) is 0 Å². The Morgan fingerprint density at radius 3 is 2.53 bits per heavy atom. The molecule has 9 heteroatoms. The van der Waals surface area contributed by atoms with Crippen LogP contribution >= 0.6 is 0 Å². The van der Waals surface area contributed by atoms with Crippen LogP contribution in [0.25, 0.3) is 0 Å².